The first-order valence-electron chi connectivity index (χ1n) is 10.9. The minimum atomic E-state index is -0.0818. The van der Waals surface area contributed by atoms with E-state index in [2.05, 4.69) is 36.2 Å². The zero-order valence-corrected chi connectivity index (χ0v) is 18.7. The zero-order chi connectivity index (χ0) is 22.8. The number of anilines is 3. The van der Waals surface area contributed by atoms with Crippen LogP contribution in [0.1, 0.15) is 0 Å². The summed E-state index contributed by atoms with van der Waals surface area (Å²) in [5, 5.41) is 3.97. The number of rotatable bonds is 4. The second kappa shape index (κ2) is 8.78. The Morgan fingerprint density at radius 3 is 2.42 bits per heavy atom. The Morgan fingerprint density at radius 2 is 1.73 bits per heavy atom. The number of pyridine rings is 1. The number of benzene rings is 1. The number of aromatic amines is 1. The third kappa shape index (κ3) is 4.30. The molecule has 1 fully saturated rings. The first-order valence-corrected chi connectivity index (χ1v) is 10.9. The second-order valence-corrected chi connectivity index (χ2v) is 8.22. The highest BCUT2D eigenvalue weighted by molar-refractivity contribution is 5.92. The quantitative estimate of drug-likeness (QED) is 0.503. The average Bonchev–Trinajstić information content (AvgIpc) is 3.30. The third-order valence-corrected chi connectivity index (χ3v) is 5.90. The van der Waals surface area contributed by atoms with Crippen molar-refractivity contribution >= 4 is 34.3 Å². The Bertz CT molecular complexity index is 1240. The lowest BCUT2D eigenvalue weighted by Gasteiger charge is -2.35. The van der Waals surface area contributed by atoms with Crippen molar-refractivity contribution in [1.82, 2.24) is 24.8 Å². The fourth-order valence-electron chi connectivity index (χ4n) is 4.03. The Morgan fingerprint density at radius 1 is 1.00 bits per heavy atom. The number of carbonyl (C=O) groups excluding carboxylic acids is 1. The molecule has 4 heterocycles. The molecule has 0 saturated carbocycles. The molecule has 2 amide bonds. The molecule has 0 unspecified atom stereocenters. The van der Waals surface area contributed by atoms with E-state index in [4.69, 9.17) is 0 Å². The number of urea groups is 1. The van der Waals surface area contributed by atoms with Gasteiger partial charge in [0.05, 0.1) is 5.39 Å². The van der Waals surface area contributed by atoms with Gasteiger partial charge in [-0.2, -0.15) is 0 Å². The lowest BCUT2D eigenvalue weighted by Crippen LogP contribution is -2.50. The first-order chi connectivity index (χ1) is 16.1. The monoisotopic (exact) mass is 442 g/mol. The molecule has 0 bridgehead atoms. The van der Waals surface area contributed by atoms with Crippen LogP contribution in [-0.2, 0) is 0 Å². The summed E-state index contributed by atoms with van der Waals surface area (Å²) in [6, 6.07) is 13.8. The van der Waals surface area contributed by atoms with Crippen LogP contribution in [0.15, 0.2) is 61.2 Å². The van der Waals surface area contributed by atoms with E-state index in [9.17, 15) is 4.79 Å². The van der Waals surface area contributed by atoms with Gasteiger partial charge >= 0.3 is 6.03 Å². The maximum Gasteiger partial charge on any atom is 0.321 e. The van der Waals surface area contributed by atoms with Gasteiger partial charge in [0.25, 0.3) is 0 Å². The summed E-state index contributed by atoms with van der Waals surface area (Å²) in [6.45, 7) is 2.65. The standard InChI is InChI=1S/C24H26N8O/c1-30(2)19-5-3-18(4-6-19)28-24(33)32-13-11-31(12-14-32)23-20-15-21(17-7-9-25-10-8-17)29-22(20)26-16-27-23/h3-10,15-16H,11-14H2,1-2H3,(H,28,33)(H,26,27,29). The van der Waals surface area contributed by atoms with Crippen LogP contribution >= 0.6 is 0 Å². The summed E-state index contributed by atoms with van der Waals surface area (Å²) in [4.78, 5) is 35.3. The second-order valence-electron chi connectivity index (χ2n) is 8.22. The predicted molar refractivity (Wildman–Crippen MR) is 131 cm³/mol. The molecule has 2 N–H and O–H groups in total. The average molecular weight is 443 g/mol. The molecule has 4 aromatic rings. The smallest absolute Gasteiger partial charge is 0.321 e. The van der Waals surface area contributed by atoms with Crippen LogP contribution in [0.5, 0.6) is 0 Å². The van der Waals surface area contributed by atoms with Gasteiger partial charge in [-0.25, -0.2) is 14.8 Å². The maximum absolute atomic E-state index is 12.8. The summed E-state index contributed by atoms with van der Waals surface area (Å²) in [6.07, 6.45) is 5.13. The molecule has 3 aromatic heterocycles. The minimum Gasteiger partial charge on any atom is -0.378 e. The highest BCUT2D eigenvalue weighted by Crippen LogP contribution is 2.29. The summed E-state index contributed by atoms with van der Waals surface area (Å²) in [5.74, 6) is 0.885. The summed E-state index contributed by atoms with van der Waals surface area (Å²) in [5.41, 5.74) is 4.71. The molecular formula is C24H26N8O. The lowest BCUT2D eigenvalue weighted by atomic mass is 10.2. The fourth-order valence-corrected chi connectivity index (χ4v) is 4.03. The van der Waals surface area contributed by atoms with Gasteiger partial charge in [-0.15, -0.1) is 0 Å². The van der Waals surface area contributed by atoms with Crippen molar-refractivity contribution in [2.75, 3.05) is 55.4 Å². The van der Waals surface area contributed by atoms with Crippen LogP contribution < -0.4 is 15.1 Å². The molecule has 9 heteroatoms. The number of amides is 2. The maximum atomic E-state index is 12.8. The highest BCUT2D eigenvalue weighted by Gasteiger charge is 2.24. The van der Waals surface area contributed by atoms with E-state index in [0.717, 1.165) is 39.5 Å². The number of fused-ring (bicyclic) bond motifs is 1. The van der Waals surface area contributed by atoms with Crippen LogP contribution in [0, 0.1) is 0 Å². The first kappa shape index (κ1) is 20.7. The van der Waals surface area contributed by atoms with Crippen LogP contribution in [0.2, 0.25) is 0 Å². The van der Waals surface area contributed by atoms with Gasteiger partial charge in [0.1, 0.15) is 17.8 Å². The Labute approximate surface area is 192 Å². The van der Waals surface area contributed by atoms with E-state index in [-0.39, 0.29) is 6.03 Å². The number of piperazine rings is 1. The Hall–Kier alpha value is -4.14. The van der Waals surface area contributed by atoms with Crippen molar-refractivity contribution < 1.29 is 4.79 Å². The van der Waals surface area contributed by atoms with Crippen molar-refractivity contribution in [2.45, 2.75) is 0 Å². The molecule has 0 spiro atoms. The number of nitrogens with one attached hydrogen (secondary N) is 2. The van der Waals surface area contributed by atoms with Crippen molar-refractivity contribution in [3.05, 3.63) is 61.2 Å². The molecule has 5 rings (SSSR count). The molecule has 1 aliphatic rings. The van der Waals surface area contributed by atoms with Crippen LogP contribution in [-0.4, -0.2) is 71.1 Å². The zero-order valence-electron chi connectivity index (χ0n) is 18.7. The van der Waals surface area contributed by atoms with Crippen molar-refractivity contribution in [1.29, 1.82) is 0 Å². The lowest BCUT2D eigenvalue weighted by molar-refractivity contribution is 0.208. The molecule has 1 aliphatic heterocycles. The third-order valence-electron chi connectivity index (χ3n) is 5.90. The molecule has 1 aromatic carbocycles. The SMILES string of the molecule is CN(C)c1ccc(NC(=O)N2CCN(c3ncnc4[nH]c(-c5ccncc5)cc34)CC2)cc1. The van der Waals surface area contributed by atoms with E-state index >= 15 is 0 Å². The molecule has 1 saturated heterocycles. The highest BCUT2D eigenvalue weighted by atomic mass is 16.2. The topological polar surface area (TPSA) is 93.3 Å². The van der Waals surface area contributed by atoms with E-state index in [1.807, 2.05) is 60.3 Å². The van der Waals surface area contributed by atoms with Crippen molar-refractivity contribution in [3.63, 3.8) is 0 Å². The van der Waals surface area contributed by atoms with Crippen molar-refractivity contribution in [2.24, 2.45) is 0 Å². The molecule has 168 valence electrons. The van der Waals surface area contributed by atoms with E-state index < -0.39 is 0 Å². The predicted octanol–water partition coefficient (Wildman–Crippen LogP) is 3.44. The van der Waals surface area contributed by atoms with Gasteiger partial charge < -0.3 is 25.0 Å². The van der Waals surface area contributed by atoms with Gasteiger partial charge in [0, 0.05) is 75.3 Å². The van der Waals surface area contributed by atoms with Crippen LogP contribution in [0.4, 0.5) is 22.0 Å². The molecule has 9 nitrogen and oxygen atoms in total. The number of carbonyl (C=O) groups is 1. The molecule has 0 aliphatic carbocycles. The van der Waals surface area contributed by atoms with Gasteiger partial charge in [0.2, 0.25) is 0 Å². The van der Waals surface area contributed by atoms with Gasteiger partial charge in [-0.3, -0.25) is 4.98 Å². The summed E-state index contributed by atoms with van der Waals surface area (Å²) in [7, 11) is 3.98. The molecule has 0 atom stereocenters. The molecule has 0 radical (unpaired) electrons. The number of H-pyrrole nitrogens is 1. The normalized spacial score (nSPS) is 13.9. The van der Waals surface area contributed by atoms with Gasteiger partial charge in [-0.05, 0) is 42.5 Å². The van der Waals surface area contributed by atoms with Gasteiger partial charge in [-0.1, -0.05) is 0 Å². The summed E-state index contributed by atoms with van der Waals surface area (Å²) < 4.78 is 0. The van der Waals surface area contributed by atoms with Gasteiger partial charge in [0.15, 0.2) is 0 Å². The fraction of sp³-hybridized carbons (Fsp3) is 0.250. The molecular weight excluding hydrogens is 416 g/mol. The van der Waals surface area contributed by atoms with Crippen LogP contribution in [0.3, 0.4) is 0 Å². The van der Waals surface area contributed by atoms with Crippen LogP contribution in [0.25, 0.3) is 22.3 Å². The number of hydrogen-bond donors (Lipinski definition) is 2. The van der Waals surface area contributed by atoms with E-state index in [1.54, 1.807) is 18.7 Å². The van der Waals surface area contributed by atoms with E-state index in [0.29, 0.717) is 26.2 Å². The molecule has 33 heavy (non-hydrogen) atoms. The van der Waals surface area contributed by atoms with E-state index in [1.165, 1.54) is 0 Å². The summed E-state index contributed by atoms with van der Waals surface area (Å²) >= 11 is 0. The minimum absolute atomic E-state index is 0.0818. The Kier molecular flexibility index (Phi) is 5.52. The number of nitrogens with zero attached hydrogens (tertiary/aromatic N) is 6. The largest absolute Gasteiger partial charge is 0.378 e. The Balaban J connectivity index is 1.26. The van der Waals surface area contributed by atoms with Crippen molar-refractivity contribution in [3.8, 4) is 11.3 Å². The number of hydrogen-bond acceptors (Lipinski definition) is 6. The number of aromatic nitrogens is 4.